The van der Waals surface area contributed by atoms with E-state index >= 15 is 0 Å². The quantitative estimate of drug-likeness (QED) is 0.669. The van der Waals surface area contributed by atoms with Crippen LogP contribution in [0.15, 0.2) is 30.5 Å². The number of nitrogens with one attached hydrogen (secondary N) is 1. The lowest BCUT2D eigenvalue weighted by Crippen LogP contribution is -2.29. The van der Waals surface area contributed by atoms with Crippen molar-refractivity contribution in [3.63, 3.8) is 0 Å². The van der Waals surface area contributed by atoms with Gasteiger partial charge in [-0.3, -0.25) is 14.9 Å². The zero-order chi connectivity index (χ0) is 18.4. The molecule has 2 aromatic rings. The molecule has 25 heavy (non-hydrogen) atoms. The smallest absolute Gasteiger partial charge is 0.269 e. The molecule has 0 unspecified atom stereocenters. The Morgan fingerprint density at radius 2 is 1.96 bits per heavy atom. The zero-order valence-corrected chi connectivity index (χ0v) is 14.2. The summed E-state index contributed by atoms with van der Waals surface area (Å²) in [5, 5.41) is 23.3. The molecule has 0 radical (unpaired) electrons. The number of carbonyl (C=O) groups excluding carboxylic acids is 1. The van der Waals surface area contributed by atoms with Crippen LogP contribution in [0.4, 0.5) is 11.5 Å². The van der Waals surface area contributed by atoms with Gasteiger partial charge in [0.2, 0.25) is 5.91 Å². The summed E-state index contributed by atoms with van der Waals surface area (Å²) < 4.78 is 1.90. The first-order chi connectivity index (χ1) is 11.7. The maximum atomic E-state index is 12.2. The Balaban J connectivity index is 2.16. The maximum Gasteiger partial charge on any atom is 0.269 e. The van der Waals surface area contributed by atoms with Gasteiger partial charge in [0, 0.05) is 41.8 Å². The number of carbonyl (C=O) groups is 1. The average molecular weight is 338 g/mol. The van der Waals surface area contributed by atoms with Gasteiger partial charge in [0.05, 0.1) is 10.5 Å². The summed E-state index contributed by atoms with van der Waals surface area (Å²) in [5.74, 6) is 0.190. The van der Waals surface area contributed by atoms with Gasteiger partial charge in [-0.15, -0.1) is 0 Å². The van der Waals surface area contributed by atoms with Crippen molar-refractivity contribution >= 4 is 17.4 Å². The molecule has 3 rings (SSSR count). The fourth-order valence-electron chi connectivity index (χ4n) is 3.20. The van der Waals surface area contributed by atoms with E-state index in [2.05, 4.69) is 11.4 Å². The van der Waals surface area contributed by atoms with Crippen LogP contribution in [0.5, 0.6) is 0 Å². The van der Waals surface area contributed by atoms with E-state index in [1.165, 1.54) is 12.1 Å². The van der Waals surface area contributed by atoms with Crippen molar-refractivity contribution in [1.82, 2.24) is 4.57 Å². The predicted molar refractivity (Wildman–Crippen MR) is 92.3 cm³/mol. The number of rotatable bonds is 2. The second-order valence-corrected chi connectivity index (χ2v) is 7.11. The molecule has 0 bridgehead atoms. The first-order valence-corrected chi connectivity index (χ1v) is 7.92. The average Bonchev–Trinajstić information content (AvgIpc) is 2.92. The van der Waals surface area contributed by atoms with Crippen LogP contribution in [0.1, 0.15) is 49.8 Å². The van der Waals surface area contributed by atoms with Gasteiger partial charge in [0.25, 0.3) is 5.69 Å². The molecular weight excluding hydrogens is 320 g/mol. The molecule has 0 saturated heterocycles. The van der Waals surface area contributed by atoms with Gasteiger partial charge in [0.1, 0.15) is 11.9 Å². The minimum absolute atomic E-state index is 0.00278. The Morgan fingerprint density at radius 3 is 2.48 bits per heavy atom. The molecule has 0 aliphatic carbocycles. The number of nitro benzene ring substituents is 1. The summed E-state index contributed by atoms with van der Waals surface area (Å²) in [6.07, 6.45) is 1.96. The summed E-state index contributed by atoms with van der Waals surface area (Å²) >= 11 is 0. The van der Waals surface area contributed by atoms with Crippen LogP contribution in [0.2, 0.25) is 0 Å². The molecule has 1 N–H and O–H groups in total. The van der Waals surface area contributed by atoms with Crippen LogP contribution >= 0.6 is 0 Å². The number of nitro groups is 1. The van der Waals surface area contributed by atoms with Crippen molar-refractivity contribution in [3.8, 4) is 6.07 Å². The van der Waals surface area contributed by atoms with Crippen LogP contribution in [0, 0.1) is 21.4 Å². The van der Waals surface area contributed by atoms with Crippen LogP contribution in [-0.2, 0) is 10.3 Å². The monoisotopic (exact) mass is 338 g/mol. The third-order valence-electron chi connectivity index (χ3n) is 4.39. The first kappa shape index (κ1) is 16.7. The number of fused-ring (bicyclic) bond motifs is 1. The number of non-ortho nitro benzene ring substituents is 1. The Hall–Kier alpha value is -3.14. The normalized spacial score (nSPS) is 16.7. The summed E-state index contributed by atoms with van der Waals surface area (Å²) in [6, 6.07) is 8.37. The molecule has 1 aliphatic rings. The van der Waals surface area contributed by atoms with E-state index < -0.39 is 4.92 Å². The molecule has 1 aromatic heterocycles. The summed E-state index contributed by atoms with van der Waals surface area (Å²) in [4.78, 5) is 22.6. The molecule has 1 aromatic carbocycles. The molecule has 0 fully saturated rings. The SMILES string of the molecule is CC(C)(C)n1cc(C#N)c2c1NC(=O)C[C@@H]2c1ccc([N+](=O)[O-])cc1. The van der Waals surface area contributed by atoms with E-state index in [4.69, 9.17) is 0 Å². The molecule has 0 spiro atoms. The Bertz CT molecular complexity index is 898. The number of aromatic nitrogens is 1. The van der Waals surface area contributed by atoms with E-state index in [1.807, 2.05) is 25.3 Å². The maximum absolute atomic E-state index is 12.2. The molecule has 1 amide bonds. The predicted octanol–water partition coefficient (Wildman–Crippen LogP) is 3.50. The second kappa shape index (κ2) is 5.74. The van der Waals surface area contributed by atoms with E-state index in [-0.39, 0.29) is 29.5 Å². The molecule has 2 heterocycles. The van der Waals surface area contributed by atoms with Crippen molar-refractivity contribution in [2.45, 2.75) is 38.6 Å². The Labute approximate surface area is 145 Å². The van der Waals surface area contributed by atoms with Crippen LogP contribution in [-0.4, -0.2) is 15.4 Å². The van der Waals surface area contributed by atoms with Gasteiger partial charge >= 0.3 is 0 Å². The topological polar surface area (TPSA) is 101 Å². The van der Waals surface area contributed by atoms with Crippen LogP contribution in [0.25, 0.3) is 0 Å². The fraction of sp³-hybridized carbons (Fsp3) is 0.333. The number of nitriles is 1. The molecular formula is C18H18N4O3. The zero-order valence-electron chi connectivity index (χ0n) is 14.2. The highest BCUT2D eigenvalue weighted by Gasteiger charge is 2.34. The minimum atomic E-state index is -0.459. The number of anilines is 1. The molecule has 7 nitrogen and oxygen atoms in total. The van der Waals surface area contributed by atoms with E-state index in [9.17, 15) is 20.2 Å². The number of nitrogens with zero attached hydrogens (tertiary/aromatic N) is 3. The lowest BCUT2D eigenvalue weighted by Gasteiger charge is -2.29. The lowest BCUT2D eigenvalue weighted by molar-refractivity contribution is -0.384. The van der Waals surface area contributed by atoms with Gasteiger partial charge in [-0.05, 0) is 26.3 Å². The number of amides is 1. The Kier molecular flexibility index (Phi) is 3.84. The van der Waals surface area contributed by atoms with Crippen LogP contribution in [0.3, 0.4) is 0 Å². The van der Waals surface area contributed by atoms with Crippen molar-refractivity contribution in [3.05, 3.63) is 57.3 Å². The fourth-order valence-corrected chi connectivity index (χ4v) is 3.20. The van der Waals surface area contributed by atoms with E-state index in [0.29, 0.717) is 11.4 Å². The Morgan fingerprint density at radius 1 is 1.32 bits per heavy atom. The third-order valence-corrected chi connectivity index (χ3v) is 4.39. The standard InChI is InChI=1S/C18H18N4O3/c1-18(2,3)21-10-12(9-19)16-14(8-15(23)20-17(16)21)11-4-6-13(7-5-11)22(24)25/h4-7,10,14H,8H2,1-3H3,(H,20,23)/t14-/m1/s1. The van der Waals surface area contributed by atoms with Crippen molar-refractivity contribution in [2.75, 3.05) is 5.32 Å². The number of hydrogen-bond donors (Lipinski definition) is 1. The molecule has 7 heteroatoms. The summed E-state index contributed by atoms with van der Waals surface area (Å²) in [5.41, 5.74) is 1.75. The van der Waals surface area contributed by atoms with Crippen molar-refractivity contribution in [2.24, 2.45) is 0 Å². The highest BCUT2D eigenvalue weighted by molar-refractivity contribution is 5.95. The highest BCUT2D eigenvalue weighted by Crippen LogP contribution is 2.42. The highest BCUT2D eigenvalue weighted by atomic mass is 16.6. The number of hydrogen-bond acceptors (Lipinski definition) is 4. The van der Waals surface area contributed by atoms with E-state index in [0.717, 1.165) is 11.1 Å². The third kappa shape index (κ3) is 2.87. The van der Waals surface area contributed by atoms with Gasteiger partial charge in [0.15, 0.2) is 0 Å². The lowest BCUT2D eigenvalue weighted by atomic mass is 9.85. The minimum Gasteiger partial charge on any atom is -0.328 e. The molecule has 1 atom stereocenters. The summed E-state index contributed by atoms with van der Waals surface area (Å²) in [7, 11) is 0. The molecule has 0 saturated carbocycles. The summed E-state index contributed by atoms with van der Waals surface area (Å²) in [6.45, 7) is 5.99. The first-order valence-electron chi connectivity index (χ1n) is 7.92. The second-order valence-electron chi connectivity index (χ2n) is 7.11. The molecule has 128 valence electrons. The largest absolute Gasteiger partial charge is 0.328 e. The van der Waals surface area contributed by atoms with Crippen molar-refractivity contribution < 1.29 is 9.72 Å². The van der Waals surface area contributed by atoms with Gasteiger partial charge in [-0.2, -0.15) is 5.26 Å². The van der Waals surface area contributed by atoms with E-state index in [1.54, 1.807) is 18.3 Å². The number of benzene rings is 1. The van der Waals surface area contributed by atoms with Crippen molar-refractivity contribution in [1.29, 1.82) is 5.26 Å². The van der Waals surface area contributed by atoms with Gasteiger partial charge < -0.3 is 9.88 Å². The van der Waals surface area contributed by atoms with Gasteiger partial charge in [-0.25, -0.2) is 0 Å². The molecule has 1 aliphatic heterocycles. The van der Waals surface area contributed by atoms with Gasteiger partial charge in [-0.1, -0.05) is 12.1 Å². The van der Waals surface area contributed by atoms with Crippen LogP contribution < -0.4 is 5.32 Å².